The lowest BCUT2D eigenvalue weighted by Gasteiger charge is -2.11. The Morgan fingerprint density at radius 1 is 1.09 bits per heavy atom. The predicted octanol–water partition coefficient (Wildman–Crippen LogP) is 4.34. The van der Waals surface area contributed by atoms with Gasteiger partial charge in [-0.15, -0.1) is 0 Å². The van der Waals surface area contributed by atoms with Crippen LogP contribution in [0.4, 0.5) is 5.95 Å². The molecule has 0 spiro atoms. The molecule has 34 heavy (non-hydrogen) atoms. The summed E-state index contributed by atoms with van der Waals surface area (Å²) < 4.78 is 11.3. The second-order valence-electron chi connectivity index (χ2n) is 7.16. The van der Waals surface area contributed by atoms with Crippen molar-refractivity contribution < 1.29 is 9.47 Å². The van der Waals surface area contributed by atoms with Crippen LogP contribution in [0.1, 0.15) is 16.7 Å². The third-order valence-electron chi connectivity index (χ3n) is 4.90. The third kappa shape index (κ3) is 5.29. The number of hydrazone groups is 1. The van der Waals surface area contributed by atoms with Crippen molar-refractivity contribution in [3.63, 3.8) is 0 Å². The zero-order chi connectivity index (χ0) is 23.8. The summed E-state index contributed by atoms with van der Waals surface area (Å²) in [5, 5.41) is 13.6. The normalized spacial score (nSPS) is 10.6. The molecule has 0 aliphatic rings. The minimum atomic E-state index is -0.543. The Hall–Kier alpha value is -4.90. The maximum absolute atomic E-state index is 12.4. The molecular formula is C26H21N5O3. The van der Waals surface area contributed by atoms with Crippen LogP contribution >= 0.6 is 0 Å². The summed E-state index contributed by atoms with van der Waals surface area (Å²) in [7, 11) is 1.61. The average molecular weight is 451 g/mol. The van der Waals surface area contributed by atoms with Gasteiger partial charge in [-0.3, -0.25) is 9.78 Å². The first-order valence-electron chi connectivity index (χ1n) is 10.4. The molecule has 4 rings (SSSR count). The number of H-pyrrole nitrogens is 1. The molecule has 168 valence electrons. The van der Waals surface area contributed by atoms with E-state index in [0.717, 1.165) is 16.9 Å². The number of methoxy groups -OCH3 is 1. The van der Waals surface area contributed by atoms with Crippen molar-refractivity contribution in [3.8, 4) is 28.8 Å². The third-order valence-corrected chi connectivity index (χ3v) is 4.90. The van der Waals surface area contributed by atoms with E-state index in [1.54, 1.807) is 25.5 Å². The Labute approximate surface area is 196 Å². The Balaban J connectivity index is 1.53. The molecule has 0 amide bonds. The van der Waals surface area contributed by atoms with E-state index in [-0.39, 0.29) is 17.2 Å². The van der Waals surface area contributed by atoms with Gasteiger partial charge in [0.2, 0.25) is 5.95 Å². The number of anilines is 1. The monoisotopic (exact) mass is 451 g/mol. The summed E-state index contributed by atoms with van der Waals surface area (Å²) in [6, 6.07) is 26.1. The molecule has 8 heteroatoms. The van der Waals surface area contributed by atoms with E-state index in [0.29, 0.717) is 17.9 Å². The van der Waals surface area contributed by atoms with Crippen LogP contribution in [-0.2, 0) is 6.61 Å². The molecule has 0 unspecified atom stereocenters. The lowest BCUT2D eigenvalue weighted by atomic mass is 10.1. The van der Waals surface area contributed by atoms with Crippen LogP contribution in [0, 0.1) is 11.3 Å². The van der Waals surface area contributed by atoms with Crippen LogP contribution in [0.5, 0.6) is 11.5 Å². The average Bonchev–Trinajstić information content (AvgIpc) is 2.88. The summed E-state index contributed by atoms with van der Waals surface area (Å²) in [6.07, 6.45) is 1.59. The summed E-state index contributed by atoms with van der Waals surface area (Å²) in [6.45, 7) is 0.327. The first-order chi connectivity index (χ1) is 16.7. The summed E-state index contributed by atoms with van der Waals surface area (Å²) in [4.78, 5) is 19.3. The second kappa shape index (κ2) is 10.6. The van der Waals surface area contributed by atoms with Crippen LogP contribution in [0.25, 0.3) is 11.3 Å². The number of rotatable bonds is 8. The number of nitriles is 1. The molecule has 4 aromatic rings. The van der Waals surface area contributed by atoms with E-state index in [1.165, 1.54) is 0 Å². The molecule has 0 aliphatic carbocycles. The molecule has 0 aliphatic heterocycles. The molecule has 0 saturated heterocycles. The van der Waals surface area contributed by atoms with Crippen LogP contribution in [0.15, 0.2) is 88.8 Å². The fourth-order valence-electron chi connectivity index (χ4n) is 3.27. The van der Waals surface area contributed by atoms with Crippen molar-refractivity contribution in [2.75, 3.05) is 12.5 Å². The van der Waals surface area contributed by atoms with Gasteiger partial charge in [-0.2, -0.15) is 10.4 Å². The van der Waals surface area contributed by atoms with Crippen LogP contribution in [0.2, 0.25) is 0 Å². The zero-order valence-corrected chi connectivity index (χ0v) is 18.4. The Morgan fingerprint density at radius 3 is 2.53 bits per heavy atom. The molecule has 2 N–H and O–H groups in total. The van der Waals surface area contributed by atoms with Crippen molar-refractivity contribution in [2.45, 2.75) is 6.61 Å². The number of hydrogen-bond donors (Lipinski definition) is 2. The maximum Gasteiger partial charge on any atom is 0.270 e. The molecule has 8 nitrogen and oxygen atoms in total. The first-order valence-corrected chi connectivity index (χ1v) is 10.4. The number of ether oxygens (including phenoxy) is 2. The minimum Gasteiger partial charge on any atom is -0.496 e. The molecule has 0 radical (unpaired) electrons. The SMILES string of the molecule is COc1ccc(C=NNc2nc(-c3ccccc3)c(C#N)c(=O)[nH]2)cc1COc1ccccc1. The number of nitrogens with one attached hydrogen (secondary N) is 2. The van der Waals surface area contributed by atoms with E-state index >= 15 is 0 Å². The number of benzene rings is 3. The van der Waals surface area contributed by atoms with Gasteiger partial charge < -0.3 is 9.47 Å². The maximum atomic E-state index is 12.4. The largest absolute Gasteiger partial charge is 0.496 e. The standard InChI is InChI=1S/C26H21N5O3/c1-33-23-13-12-18(14-20(23)17-34-21-10-6-3-7-11-21)16-28-31-26-29-24(19-8-4-2-5-9-19)22(15-27)25(32)30-26/h2-14,16H,17H2,1H3,(H2,29,30,31,32). The van der Waals surface area contributed by atoms with Crippen molar-refractivity contribution in [3.05, 3.63) is 106 Å². The highest BCUT2D eigenvalue weighted by molar-refractivity contribution is 5.81. The van der Waals surface area contributed by atoms with Gasteiger partial charge in [0, 0.05) is 11.1 Å². The number of aromatic amines is 1. The van der Waals surface area contributed by atoms with Crippen LogP contribution in [-0.4, -0.2) is 23.3 Å². The number of aromatic nitrogens is 2. The second-order valence-corrected chi connectivity index (χ2v) is 7.16. The van der Waals surface area contributed by atoms with Gasteiger partial charge in [0.05, 0.1) is 19.0 Å². The Kier molecular flexibility index (Phi) is 6.96. The highest BCUT2D eigenvalue weighted by Gasteiger charge is 2.13. The van der Waals surface area contributed by atoms with Gasteiger partial charge in [-0.1, -0.05) is 48.5 Å². The van der Waals surface area contributed by atoms with Crippen molar-refractivity contribution in [1.29, 1.82) is 5.26 Å². The number of para-hydroxylation sites is 1. The Morgan fingerprint density at radius 2 is 1.82 bits per heavy atom. The minimum absolute atomic E-state index is 0.0565. The fourth-order valence-corrected chi connectivity index (χ4v) is 3.27. The van der Waals surface area contributed by atoms with Gasteiger partial charge in [-0.25, -0.2) is 10.4 Å². The number of hydrogen-bond acceptors (Lipinski definition) is 7. The topological polar surface area (TPSA) is 112 Å². The van der Waals surface area contributed by atoms with E-state index in [4.69, 9.17) is 9.47 Å². The highest BCUT2D eigenvalue weighted by Crippen LogP contribution is 2.22. The van der Waals surface area contributed by atoms with Gasteiger partial charge in [0.1, 0.15) is 29.7 Å². The molecule has 0 atom stereocenters. The Bertz CT molecular complexity index is 1390. The summed E-state index contributed by atoms with van der Waals surface area (Å²) in [5.74, 6) is 1.59. The number of nitrogens with zero attached hydrogens (tertiary/aromatic N) is 3. The molecule has 0 saturated carbocycles. The quantitative estimate of drug-likeness (QED) is 0.304. The molecule has 0 bridgehead atoms. The van der Waals surface area contributed by atoms with Crippen LogP contribution in [0.3, 0.4) is 0 Å². The van der Waals surface area contributed by atoms with Gasteiger partial charge in [0.25, 0.3) is 5.56 Å². The first kappa shape index (κ1) is 22.3. The smallest absolute Gasteiger partial charge is 0.270 e. The fraction of sp³-hybridized carbons (Fsp3) is 0.0769. The molecule has 1 heterocycles. The summed E-state index contributed by atoms with van der Waals surface area (Å²) >= 11 is 0. The van der Waals surface area contributed by atoms with Gasteiger partial charge >= 0.3 is 0 Å². The van der Waals surface area contributed by atoms with Crippen molar-refractivity contribution in [1.82, 2.24) is 9.97 Å². The lowest BCUT2D eigenvalue weighted by molar-refractivity contribution is 0.296. The van der Waals surface area contributed by atoms with E-state index in [2.05, 4.69) is 20.5 Å². The van der Waals surface area contributed by atoms with Crippen molar-refractivity contribution in [2.24, 2.45) is 5.10 Å². The van der Waals surface area contributed by atoms with Gasteiger partial charge in [-0.05, 0) is 35.9 Å². The van der Waals surface area contributed by atoms with Gasteiger partial charge in [0.15, 0.2) is 0 Å². The zero-order valence-electron chi connectivity index (χ0n) is 18.4. The summed E-state index contributed by atoms with van der Waals surface area (Å²) in [5.41, 5.74) is 4.73. The molecule has 0 fully saturated rings. The molecule has 3 aromatic carbocycles. The van der Waals surface area contributed by atoms with Crippen LogP contribution < -0.4 is 20.5 Å². The highest BCUT2D eigenvalue weighted by atomic mass is 16.5. The van der Waals surface area contributed by atoms with Crippen molar-refractivity contribution >= 4 is 12.2 Å². The molecular weight excluding hydrogens is 430 g/mol. The van der Waals surface area contributed by atoms with E-state index in [9.17, 15) is 10.1 Å². The van der Waals surface area contributed by atoms with E-state index in [1.807, 2.05) is 72.8 Å². The molecule has 1 aromatic heterocycles. The lowest BCUT2D eigenvalue weighted by Crippen LogP contribution is -2.16. The predicted molar refractivity (Wildman–Crippen MR) is 130 cm³/mol. The van der Waals surface area contributed by atoms with E-state index < -0.39 is 5.56 Å².